The Morgan fingerprint density at radius 1 is 0.632 bits per heavy atom. The minimum Gasteiger partial charge on any atom is -0.0622 e. The average molecular weight is 269 g/mol. The van der Waals surface area contributed by atoms with Crippen LogP contribution in [0, 0.1) is 0 Å². The summed E-state index contributed by atoms with van der Waals surface area (Å²) in [7, 11) is -0.791. The van der Waals surface area contributed by atoms with Crippen LogP contribution < -0.4 is 0 Å². The minimum atomic E-state index is -0.791. The summed E-state index contributed by atoms with van der Waals surface area (Å²) in [6.07, 6.45) is 8.60. The molecule has 98 valence electrons. The predicted octanol–water partition coefficient (Wildman–Crippen LogP) is 5.20. The summed E-state index contributed by atoms with van der Waals surface area (Å²) in [5, 5.41) is 0. The zero-order valence-electron chi connectivity index (χ0n) is 11.5. The third-order valence-electron chi connectivity index (χ3n) is 4.24. The van der Waals surface area contributed by atoms with Gasteiger partial charge in [0.15, 0.2) is 0 Å². The van der Waals surface area contributed by atoms with E-state index in [0.717, 1.165) is 0 Å². The normalized spacial score (nSPS) is 17.5. The smallest absolute Gasteiger partial charge is 0.0622 e. The molecule has 2 aromatic rings. The van der Waals surface area contributed by atoms with Gasteiger partial charge in [-0.3, -0.25) is 0 Å². The molecule has 0 spiro atoms. The Kier molecular flexibility index (Phi) is 3.99. The summed E-state index contributed by atoms with van der Waals surface area (Å²) in [5.74, 6) is 0. The number of hydrogen-bond donors (Lipinski definition) is 0. The van der Waals surface area contributed by atoms with Crippen molar-refractivity contribution in [3.8, 4) is 0 Å². The van der Waals surface area contributed by atoms with Crippen molar-refractivity contribution in [2.24, 2.45) is 0 Å². The molecule has 0 amide bonds. The van der Waals surface area contributed by atoms with Gasteiger partial charge in [0, 0.05) is 7.26 Å². The second-order valence-corrected chi connectivity index (χ2v) is 9.99. The van der Waals surface area contributed by atoms with Crippen LogP contribution in [0.15, 0.2) is 60.7 Å². The van der Waals surface area contributed by atoms with Crippen molar-refractivity contribution in [1.82, 2.24) is 0 Å². The van der Waals surface area contributed by atoms with E-state index >= 15 is 0 Å². The molecule has 0 aliphatic carbocycles. The second-order valence-electron chi connectivity index (χ2n) is 5.78. The third kappa shape index (κ3) is 3.25. The first-order valence-corrected chi connectivity index (χ1v) is 9.82. The van der Waals surface area contributed by atoms with Crippen LogP contribution in [0.3, 0.4) is 0 Å². The van der Waals surface area contributed by atoms with Gasteiger partial charge in [0.1, 0.15) is 0 Å². The van der Waals surface area contributed by atoms with E-state index < -0.39 is 7.26 Å². The molecule has 1 aliphatic heterocycles. The van der Waals surface area contributed by atoms with E-state index in [0.29, 0.717) is 0 Å². The van der Waals surface area contributed by atoms with E-state index in [-0.39, 0.29) is 0 Å². The molecule has 0 saturated carbocycles. The van der Waals surface area contributed by atoms with Crippen molar-refractivity contribution >= 4 is 7.26 Å². The fourth-order valence-corrected chi connectivity index (χ4v) is 8.05. The van der Waals surface area contributed by atoms with Crippen molar-refractivity contribution in [3.63, 3.8) is 0 Å². The summed E-state index contributed by atoms with van der Waals surface area (Å²) in [6.45, 7) is 0. The SMILES string of the molecule is c1ccc(C[P+]2(Cc3ccccc3)CCCC2)cc1. The van der Waals surface area contributed by atoms with E-state index in [9.17, 15) is 0 Å². The van der Waals surface area contributed by atoms with Crippen LogP contribution in [0.2, 0.25) is 0 Å². The van der Waals surface area contributed by atoms with Gasteiger partial charge in [0.2, 0.25) is 0 Å². The van der Waals surface area contributed by atoms with Crippen molar-refractivity contribution < 1.29 is 0 Å². The zero-order chi connectivity index (χ0) is 13.0. The van der Waals surface area contributed by atoms with Gasteiger partial charge < -0.3 is 0 Å². The topological polar surface area (TPSA) is 0 Å². The average Bonchev–Trinajstić information content (AvgIpc) is 2.89. The molecular weight excluding hydrogens is 247 g/mol. The van der Waals surface area contributed by atoms with Crippen LogP contribution in [0.5, 0.6) is 0 Å². The van der Waals surface area contributed by atoms with Gasteiger partial charge in [-0.15, -0.1) is 0 Å². The molecule has 1 fully saturated rings. The first-order chi connectivity index (χ1) is 9.36. The second kappa shape index (κ2) is 5.88. The largest absolute Gasteiger partial charge is 0.0846 e. The van der Waals surface area contributed by atoms with E-state index in [4.69, 9.17) is 0 Å². The highest BCUT2D eigenvalue weighted by Crippen LogP contribution is 2.68. The molecular formula is C18H22P+. The fourth-order valence-electron chi connectivity index (χ4n) is 3.32. The predicted molar refractivity (Wildman–Crippen MR) is 86.2 cm³/mol. The molecule has 0 atom stereocenters. The Bertz CT molecular complexity index is 454. The molecule has 1 heterocycles. The van der Waals surface area contributed by atoms with Crippen LogP contribution >= 0.6 is 7.26 Å². The summed E-state index contributed by atoms with van der Waals surface area (Å²) >= 11 is 0. The maximum absolute atomic E-state index is 2.31. The van der Waals surface area contributed by atoms with Crippen molar-refractivity contribution in [2.75, 3.05) is 12.3 Å². The Balaban J connectivity index is 1.79. The quantitative estimate of drug-likeness (QED) is 0.669. The maximum Gasteiger partial charge on any atom is 0.0846 e. The Hall–Kier alpha value is -1.13. The molecule has 1 aliphatic rings. The molecule has 0 radical (unpaired) electrons. The van der Waals surface area contributed by atoms with Crippen LogP contribution in [0.1, 0.15) is 24.0 Å². The minimum absolute atomic E-state index is 0.791. The van der Waals surface area contributed by atoms with Crippen LogP contribution in [0.25, 0.3) is 0 Å². The van der Waals surface area contributed by atoms with Gasteiger partial charge in [-0.05, 0) is 24.0 Å². The first-order valence-electron chi connectivity index (χ1n) is 7.29. The van der Waals surface area contributed by atoms with Gasteiger partial charge in [-0.25, -0.2) is 0 Å². The zero-order valence-corrected chi connectivity index (χ0v) is 12.4. The van der Waals surface area contributed by atoms with E-state index in [2.05, 4.69) is 60.7 Å². The van der Waals surface area contributed by atoms with Crippen molar-refractivity contribution in [2.45, 2.75) is 25.2 Å². The van der Waals surface area contributed by atoms with Crippen LogP contribution in [-0.4, -0.2) is 12.3 Å². The van der Waals surface area contributed by atoms with Crippen LogP contribution in [0.4, 0.5) is 0 Å². The molecule has 1 saturated heterocycles. The van der Waals surface area contributed by atoms with Gasteiger partial charge in [0.05, 0.1) is 24.6 Å². The lowest BCUT2D eigenvalue weighted by molar-refractivity contribution is 0.949. The molecule has 0 bridgehead atoms. The highest BCUT2D eigenvalue weighted by molar-refractivity contribution is 7.74. The third-order valence-corrected chi connectivity index (χ3v) is 8.84. The van der Waals surface area contributed by atoms with Gasteiger partial charge in [0.25, 0.3) is 0 Å². The Morgan fingerprint density at radius 3 is 1.47 bits per heavy atom. The van der Waals surface area contributed by atoms with Gasteiger partial charge in [-0.2, -0.15) is 0 Å². The highest BCUT2D eigenvalue weighted by Gasteiger charge is 2.40. The molecule has 0 N–H and O–H groups in total. The first kappa shape index (κ1) is 12.9. The lowest BCUT2D eigenvalue weighted by Crippen LogP contribution is -2.03. The summed E-state index contributed by atoms with van der Waals surface area (Å²) in [6, 6.07) is 22.2. The standard InChI is InChI=1S/C18H22P/c1-3-9-17(10-4-1)15-19(13-7-8-14-19)16-18-11-5-2-6-12-18/h1-6,9-12H,7-8,13-16H2/q+1. The molecule has 2 aromatic carbocycles. The van der Waals surface area contributed by atoms with E-state index in [1.165, 1.54) is 37.5 Å². The van der Waals surface area contributed by atoms with Crippen molar-refractivity contribution in [3.05, 3.63) is 71.8 Å². The Labute approximate surface area is 117 Å². The van der Waals surface area contributed by atoms with Crippen molar-refractivity contribution in [1.29, 1.82) is 0 Å². The monoisotopic (exact) mass is 269 g/mol. The molecule has 0 nitrogen and oxygen atoms in total. The lowest BCUT2D eigenvalue weighted by Gasteiger charge is -2.22. The molecule has 0 aromatic heterocycles. The highest BCUT2D eigenvalue weighted by atomic mass is 31.2. The molecule has 19 heavy (non-hydrogen) atoms. The van der Waals surface area contributed by atoms with E-state index in [1.54, 1.807) is 11.1 Å². The van der Waals surface area contributed by atoms with E-state index in [1.807, 2.05) is 0 Å². The Morgan fingerprint density at radius 2 is 1.05 bits per heavy atom. The molecule has 1 heteroatoms. The number of rotatable bonds is 4. The van der Waals surface area contributed by atoms with Gasteiger partial charge in [-0.1, -0.05) is 60.7 Å². The maximum atomic E-state index is 2.31. The van der Waals surface area contributed by atoms with Crippen LogP contribution in [-0.2, 0) is 12.3 Å². The summed E-state index contributed by atoms with van der Waals surface area (Å²) in [5.41, 5.74) is 3.10. The fraction of sp³-hybridized carbons (Fsp3) is 0.333. The number of hydrogen-bond acceptors (Lipinski definition) is 0. The lowest BCUT2D eigenvalue weighted by atomic mass is 10.2. The molecule has 0 unspecified atom stereocenters. The molecule has 3 rings (SSSR count). The van der Waals surface area contributed by atoms with Gasteiger partial charge >= 0.3 is 0 Å². The summed E-state index contributed by atoms with van der Waals surface area (Å²) in [4.78, 5) is 0. The number of benzene rings is 2. The summed E-state index contributed by atoms with van der Waals surface area (Å²) < 4.78 is 0.